The smallest absolute Gasteiger partial charge is 0.0452 e. The van der Waals surface area contributed by atoms with Gasteiger partial charge in [-0.05, 0) is 29.7 Å². The van der Waals surface area contributed by atoms with Gasteiger partial charge in [0.15, 0.2) is 0 Å². The Balaban J connectivity index is 0.000000187. The largest absolute Gasteiger partial charge is 0.755 e. The molecule has 80 valence electrons. The van der Waals surface area contributed by atoms with Gasteiger partial charge < -0.3 is 9.27 Å². The third-order valence-corrected chi connectivity index (χ3v) is 2.25. The molecule has 2 aromatic rings. The first-order chi connectivity index (χ1) is 7.29. The van der Waals surface area contributed by atoms with Crippen LogP contribution >= 0.6 is 11.5 Å². The molecule has 15 heavy (non-hydrogen) atoms. The van der Waals surface area contributed by atoms with Crippen molar-refractivity contribution in [1.82, 2.24) is 4.37 Å². The standard InChI is InChI=1S/C6H7NO2S.C3H3NS/c8-10(9)7-6-4-2-1-3-5-6;1-2-4-5-3-1/h1-5,7H,(H,8,9);1-3H/p-1. The Morgan fingerprint density at radius 3 is 2.40 bits per heavy atom. The summed E-state index contributed by atoms with van der Waals surface area (Å²) in [6.07, 6.45) is 1.77. The van der Waals surface area contributed by atoms with Crippen LogP contribution < -0.4 is 4.72 Å². The lowest BCUT2D eigenvalue weighted by Crippen LogP contribution is -2.01. The maximum atomic E-state index is 10.1. The fourth-order valence-corrected chi connectivity index (χ4v) is 1.46. The molecule has 1 atom stereocenters. The summed E-state index contributed by atoms with van der Waals surface area (Å²) in [6.45, 7) is 0. The van der Waals surface area contributed by atoms with Crippen LogP contribution in [0.1, 0.15) is 0 Å². The quantitative estimate of drug-likeness (QED) is 0.818. The Morgan fingerprint density at radius 1 is 1.27 bits per heavy atom. The van der Waals surface area contributed by atoms with Crippen LogP contribution in [0.4, 0.5) is 5.69 Å². The van der Waals surface area contributed by atoms with Crippen LogP contribution in [0.2, 0.25) is 0 Å². The Hall–Kier alpha value is -1.24. The van der Waals surface area contributed by atoms with Gasteiger partial charge in [-0.3, -0.25) is 4.21 Å². The van der Waals surface area contributed by atoms with Crippen molar-refractivity contribution in [3.05, 3.63) is 48.0 Å². The minimum atomic E-state index is -2.22. The lowest BCUT2D eigenvalue weighted by molar-refractivity contribution is 0.542. The Kier molecular flexibility index (Phi) is 5.60. The summed E-state index contributed by atoms with van der Waals surface area (Å²) in [7, 11) is 0. The molecular weight excluding hydrogens is 232 g/mol. The van der Waals surface area contributed by atoms with Crippen LogP contribution in [0.15, 0.2) is 48.0 Å². The van der Waals surface area contributed by atoms with E-state index >= 15 is 0 Å². The van der Waals surface area contributed by atoms with E-state index in [0.717, 1.165) is 0 Å². The first-order valence-electron chi connectivity index (χ1n) is 4.04. The maximum Gasteiger partial charge on any atom is 0.0452 e. The van der Waals surface area contributed by atoms with E-state index < -0.39 is 11.3 Å². The number of nitrogens with one attached hydrogen (secondary N) is 1. The van der Waals surface area contributed by atoms with Gasteiger partial charge in [-0.15, -0.1) is 0 Å². The molecule has 0 saturated heterocycles. The zero-order valence-corrected chi connectivity index (χ0v) is 9.33. The maximum absolute atomic E-state index is 10.1. The van der Waals surface area contributed by atoms with Crippen LogP contribution in [-0.4, -0.2) is 13.1 Å². The van der Waals surface area contributed by atoms with Gasteiger partial charge in [-0.1, -0.05) is 18.2 Å². The minimum absolute atomic E-state index is 0.579. The molecule has 1 aromatic carbocycles. The first-order valence-corrected chi connectivity index (χ1v) is 5.95. The topological polar surface area (TPSA) is 65.0 Å². The normalized spacial score (nSPS) is 11.0. The van der Waals surface area contributed by atoms with Crippen molar-refractivity contribution in [2.45, 2.75) is 0 Å². The summed E-state index contributed by atoms with van der Waals surface area (Å²) < 4.78 is 26.1. The van der Waals surface area contributed by atoms with E-state index in [-0.39, 0.29) is 0 Å². The average Bonchev–Trinajstić information content (AvgIpc) is 2.76. The summed E-state index contributed by atoms with van der Waals surface area (Å²) in [6, 6.07) is 10.6. The highest BCUT2D eigenvalue weighted by atomic mass is 32.2. The van der Waals surface area contributed by atoms with Gasteiger partial charge >= 0.3 is 0 Å². The van der Waals surface area contributed by atoms with Crippen molar-refractivity contribution >= 4 is 28.5 Å². The van der Waals surface area contributed by atoms with Gasteiger partial charge in [0, 0.05) is 28.5 Å². The van der Waals surface area contributed by atoms with Crippen molar-refractivity contribution in [2.24, 2.45) is 0 Å². The van der Waals surface area contributed by atoms with Crippen LogP contribution in [0.25, 0.3) is 0 Å². The van der Waals surface area contributed by atoms with Crippen LogP contribution in [-0.2, 0) is 11.3 Å². The predicted molar refractivity (Wildman–Crippen MR) is 61.1 cm³/mol. The summed E-state index contributed by atoms with van der Waals surface area (Å²) in [4.78, 5) is 0. The molecule has 6 heteroatoms. The molecule has 0 aliphatic carbocycles. The number of para-hydroxylation sites is 1. The summed E-state index contributed by atoms with van der Waals surface area (Å²) in [5.41, 5.74) is 0.579. The molecule has 1 heterocycles. The lowest BCUT2D eigenvalue weighted by atomic mass is 10.3. The number of aromatic nitrogens is 1. The molecule has 1 aromatic heterocycles. The number of rotatable bonds is 2. The summed E-state index contributed by atoms with van der Waals surface area (Å²) in [5.74, 6) is 0. The number of hydrogen-bond donors (Lipinski definition) is 1. The van der Waals surface area contributed by atoms with E-state index in [4.69, 9.17) is 0 Å². The van der Waals surface area contributed by atoms with E-state index in [9.17, 15) is 8.76 Å². The van der Waals surface area contributed by atoms with Gasteiger partial charge in [-0.2, -0.15) is 0 Å². The highest BCUT2D eigenvalue weighted by molar-refractivity contribution is 7.80. The molecule has 1 N–H and O–H groups in total. The Bertz CT molecular complexity index is 361. The molecular formula is C9H9N2O2S2-. The second-order valence-electron chi connectivity index (χ2n) is 2.39. The van der Waals surface area contributed by atoms with Crippen LogP contribution in [0, 0.1) is 0 Å². The third-order valence-electron chi connectivity index (χ3n) is 1.32. The predicted octanol–water partition coefficient (Wildman–Crippen LogP) is 2.04. The van der Waals surface area contributed by atoms with Crippen molar-refractivity contribution in [2.75, 3.05) is 4.72 Å². The molecule has 0 bridgehead atoms. The minimum Gasteiger partial charge on any atom is -0.755 e. The third kappa shape index (κ3) is 5.95. The van der Waals surface area contributed by atoms with E-state index in [1.807, 2.05) is 17.5 Å². The molecule has 0 fully saturated rings. The second-order valence-corrected chi connectivity index (χ2v) is 3.76. The monoisotopic (exact) mass is 241 g/mol. The molecule has 0 amide bonds. The number of hydrogen-bond acceptors (Lipinski definition) is 4. The fourth-order valence-electron chi connectivity index (χ4n) is 0.778. The lowest BCUT2D eigenvalue weighted by Gasteiger charge is -2.06. The van der Waals surface area contributed by atoms with E-state index in [0.29, 0.717) is 5.69 Å². The molecule has 0 aliphatic heterocycles. The molecule has 0 radical (unpaired) electrons. The SMILES string of the molecule is O=S([O-])Nc1ccccc1.c1cnsc1. The van der Waals surface area contributed by atoms with Crippen molar-refractivity contribution in [1.29, 1.82) is 0 Å². The second kappa shape index (κ2) is 7.10. The highest BCUT2D eigenvalue weighted by Gasteiger charge is 1.84. The molecule has 0 saturated carbocycles. The zero-order valence-electron chi connectivity index (χ0n) is 7.70. The zero-order chi connectivity index (χ0) is 10.9. The molecule has 0 aliphatic rings. The molecule has 1 unspecified atom stereocenters. The Labute approximate surface area is 94.6 Å². The van der Waals surface area contributed by atoms with E-state index in [2.05, 4.69) is 9.10 Å². The van der Waals surface area contributed by atoms with Crippen molar-refractivity contribution in [3.8, 4) is 0 Å². The molecule has 2 rings (SSSR count). The van der Waals surface area contributed by atoms with Gasteiger partial charge in [-0.25, -0.2) is 4.37 Å². The van der Waals surface area contributed by atoms with Crippen LogP contribution in [0.3, 0.4) is 0 Å². The fraction of sp³-hybridized carbons (Fsp3) is 0. The van der Waals surface area contributed by atoms with Gasteiger partial charge in [0.2, 0.25) is 0 Å². The van der Waals surface area contributed by atoms with Gasteiger partial charge in [0.05, 0.1) is 0 Å². The van der Waals surface area contributed by atoms with Crippen molar-refractivity contribution < 1.29 is 8.76 Å². The van der Waals surface area contributed by atoms with Crippen molar-refractivity contribution in [3.63, 3.8) is 0 Å². The van der Waals surface area contributed by atoms with Crippen LogP contribution in [0.5, 0.6) is 0 Å². The van der Waals surface area contributed by atoms with E-state index in [1.165, 1.54) is 11.5 Å². The van der Waals surface area contributed by atoms with Gasteiger partial charge in [0.25, 0.3) is 0 Å². The average molecular weight is 241 g/mol. The number of nitrogens with zero attached hydrogens (tertiary/aromatic N) is 1. The highest BCUT2D eigenvalue weighted by Crippen LogP contribution is 2.04. The summed E-state index contributed by atoms with van der Waals surface area (Å²) >= 11 is -0.754. The molecule has 4 nitrogen and oxygen atoms in total. The summed E-state index contributed by atoms with van der Waals surface area (Å²) in [5, 5.41) is 1.93. The number of anilines is 1. The van der Waals surface area contributed by atoms with E-state index in [1.54, 1.807) is 30.5 Å². The van der Waals surface area contributed by atoms with Gasteiger partial charge in [0.1, 0.15) is 0 Å². The Morgan fingerprint density at radius 2 is 2.00 bits per heavy atom. The molecule has 0 spiro atoms. The number of benzene rings is 1. The first kappa shape index (κ1) is 11.8.